The predicted octanol–water partition coefficient (Wildman–Crippen LogP) is 2.70. The van der Waals surface area contributed by atoms with Gasteiger partial charge in [-0.15, -0.1) is 0 Å². The van der Waals surface area contributed by atoms with E-state index < -0.39 is 0 Å². The van der Waals surface area contributed by atoms with Crippen molar-refractivity contribution in [3.8, 4) is 0 Å². The topological polar surface area (TPSA) is 44.4 Å². The minimum atomic E-state index is 0.118. The Labute approximate surface area is 152 Å². The molecule has 5 rings (SSSR count). The Morgan fingerprint density at radius 1 is 1.32 bits per heavy atom. The van der Waals surface area contributed by atoms with Crippen molar-refractivity contribution in [2.45, 2.75) is 70.9 Å². The SMILES string of the molecule is CC1(C)[C@H]2CC=C(CCNC(=O)[C@@H]3CCCN3C3CCNCC3)[C@@H]1C2. The first kappa shape index (κ1) is 17.5. The van der Waals surface area contributed by atoms with Crippen LogP contribution in [0.4, 0.5) is 0 Å². The third kappa shape index (κ3) is 3.28. The molecule has 4 heteroatoms. The van der Waals surface area contributed by atoms with Gasteiger partial charge in [-0.05, 0) is 81.8 Å². The average Bonchev–Trinajstić information content (AvgIpc) is 3.12. The summed E-state index contributed by atoms with van der Waals surface area (Å²) in [7, 11) is 0. The molecule has 1 amide bonds. The lowest BCUT2D eigenvalue weighted by molar-refractivity contribution is -0.126. The molecule has 25 heavy (non-hydrogen) atoms. The van der Waals surface area contributed by atoms with Crippen molar-refractivity contribution in [3.63, 3.8) is 0 Å². The first-order valence-electron chi connectivity index (χ1n) is 10.5. The Bertz CT molecular complexity index is 535. The van der Waals surface area contributed by atoms with Gasteiger partial charge in [0.2, 0.25) is 5.91 Å². The molecule has 2 saturated heterocycles. The van der Waals surface area contributed by atoms with Gasteiger partial charge < -0.3 is 10.6 Å². The number of nitrogens with zero attached hydrogens (tertiary/aromatic N) is 1. The first-order valence-corrected chi connectivity index (χ1v) is 10.5. The molecule has 4 nitrogen and oxygen atoms in total. The van der Waals surface area contributed by atoms with Crippen LogP contribution in [0.2, 0.25) is 0 Å². The van der Waals surface area contributed by atoms with Crippen LogP contribution in [-0.4, -0.2) is 49.1 Å². The summed E-state index contributed by atoms with van der Waals surface area (Å²) in [6.45, 7) is 8.97. The van der Waals surface area contributed by atoms with Crippen LogP contribution in [-0.2, 0) is 4.79 Å². The maximum Gasteiger partial charge on any atom is 0.237 e. The fourth-order valence-corrected chi connectivity index (χ4v) is 5.85. The highest BCUT2D eigenvalue weighted by Gasteiger charge is 2.50. The molecule has 2 bridgehead atoms. The number of hydrogen-bond acceptors (Lipinski definition) is 3. The van der Waals surface area contributed by atoms with Crippen LogP contribution in [0.15, 0.2) is 11.6 Å². The van der Waals surface area contributed by atoms with Crippen molar-refractivity contribution in [2.24, 2.45) is 17.3 Å². The van der Waals surface area contributed by atoms with Crippen LogP contribution in [0.25, 0.3) is 0 Å². The van der Waals surface area contributed by atoms with Crippen LogP contribution in [0, 0.1) is 17.3 Å². The van der Waals surface area contributed by atoms with Gasteiger partial charge in [0.1, 0.15) is 0 Å². The van der Waals surface area contributed by atoms with Crippen molar-refractivity contribution in [1.82, 2.24) is 15.5 Å². The quantitative estimate of drug-likeness (QED) is 0.753. The fourth-order valence-electron chi connectivity index (χ4n) is 5.85. The van der Waals surface area contributed by atoms with E-state index in [1.165, 1.54) is 32.1 Å². The van der Waals surface area contributed by atoms with Gasteiger partial charge in [0, 0.05) is 12.6 Å². The number of hydrogen-bond donors (Lipinski definition) is 2. The number of nitrogens with one attached hydrogen (secondary N) is 2. The molecule has 0 aromatic rings. The second-order valence-electron chi connectivity index (χ2n) is 9.24. The Balaban J connectivity index is 1.27. The monoisotopic (exact) mass is 345 g/mol. The molecule has 0 radical (unpaired) electrons. The number of likely N-dealkylation sites (tertiary alicyclic amines) is 1. The third-order valence-electron chi connectivity index (χ3n) is 7.67. The number of amides is 1. The molecule has 2 aliphatic heterocycles. The van der Waals surface area contributed by atoms with Gasteiger partial charge in [-0.3, -0.25) is 9.69 Å². The van der Waals surface area contributed by atoms with E-state index in [1.54, 1.807) is 5.57 Å². The molecule has 0 aromatic carbocycles. The number of allylic oxidation sites excluding steroid dienone is 1. The zero-order valence-corrected chi connectivity index (χ0v) is 16.0. The van der Waals surface area contributed by atoms with Crippen molar-refractivity contribution < 1.29 is 4.79 Å². The van der Waals surface area contributed by atoms with Gasteiger partial charge in [-0.1, -0.05) is 25.5 Å². The zero-order valence-electron chi connectivity index (χ0n) is 16.0. The summed E-state index contributed by atoms with van der Waals surface area (Å²) in [5.74, 6) is 1.94. The van der Waals surface area contributed by atoms with Crippen molar-refractivity contribution in [3.05, 3.63) is 11.6 Å². The van der Waals surface area contributed by atoms with Gasteiger partial charge in [0.05, 0.1) is 6.04 Å². The maximum absolute atomic E-state index is 12.8. The first-order chi connectivity index (χ1) is 12.1. The second-order valence-corrected chi connectivity index (χ2v) is 9.24. The van der Waals surface area contributed by atoms with Gasteiger partial charge in [-0.2, -0.15) is 0 Å². The summed E-state index contributed by atoms with van der Waals surface area (Å²) < 4.78 is 0. The Morgan fingerprint density at radius 3 is 2.84 bits per heavy atom. The Morgan fingerprint density at radius 2 is 2.12 bits per heavy atom. The molecule has 1 saturated carbocycles. The second kappa shape index (κ2) is 7.03. The number of carbonyl (C=O) groups is 1. The molecule has 3 fully saturated rings. The number of carbonyl (C=O) groups excluding carboxylic acids is 1. The molecule has 140 valence electrons. The van der Waals surface area contributed by atoms with Crippen LogP contribution in [0.3, 0.4) is 0 Å². The van der Waals surface area contributed by atoms with Gasteiger partial charge >= 0.3 is 0 Å². The molecule has 0 aromatic heterocycles. The third-order valence-corrected chi connectivity index (χ3v) is 7.67. The van der Waals surface area contributed by atoms with Crippen molar-refractivity contribution in [1.29, 1.82) is 0 Å². The van der Waals surface area contributed by atoms with Gasteiger partial charge in [0.15, 0.2) is 0 Å². The Kier molecular flexibility index (Phi) is 4.93. The van der Waals surface area contributed by atoms with E-state index in [0.29, 0.717) is 11.5 Å². The van der Waals surface area contributed by atoms with Crippen LogP contribution < -0.4 is 10.6 Å². The summed E-state index contributed by atoms with van der Waals surface area (Å²) in [5, 5.41) is 6.70. The normalized spacial score (nSPS) is 35.1. The minimum Gasteiger partial charge on any atom is -0.354 e. The van der Waals surface area contributed by atoms with Crippen LogP contribution >= 0.6 is 0 Å². The van der Waals surface area contributed by atoms with Crippen LogP contribution in [0.1, 0.15) is 58.8 Å². The minimum absolute atomic E-state index is 0.118. The summed E-state index contributed by atoms with van der Waals surface area (Å²) in [5.41, 5.74) is 2.10. The zero-order chi connectivity index (χ0) is 17.4. The molecule has 2 heterocycles. The highest BCUT2D eigenvalue weighted by atomic mass is 16.2. The van der Waals surface area contributed by atoms with E-state index in [9.17, 15) is 4.79 Å². The predicted molar refractivity (Wildman–Crippen MR) is 101 cm³/mol. The van der Waals surface area contributed by atoms with Gasteiger partial charge in [-0.25, -0.2) is 0 Å². The lowest BCUT2D eigenvalue weighted by Gasteiger charge is -2.56. The highest BCUT2D eigenvalue weighted by Crippen LogP contribution is 2.59. The fraction of sp³-hybridized carbons (Fsp3) is 0.857. The lowest BCUT2D eigenvalue weighted by Crippen LogP contribution is -2.51. The van der Waals surface area contributed by atoms with E-state index in [2.05, 4.69) is 35.5 Å². The number of rotatable bonds is 5. The molecular formula is C21H35N3O. The lowest BCUT2D eigenvalue weighted by atomic mass is 9.48. The molecule has 0 spiro atoms. The summed E-state index contributed by atoms with van der Waals surface area (Å²) in [6, 6.07) is 0.723. The van der Waals surface area contributed by atoms with E-state index in [-0.39, 0.29) is 11.9 Å². The van der Waals surface area contributed by atoms with Crippen molar-refractivity contribution in [2.75, 3.05) is 26.2 Å². The summed E-state index contributed by atoms with van der Waals surface area (Å²) >= 11 is 0. The standard InChI is InChI=1S/C21H35N3O/c1-21(2)16-6-5-15(18(21)14-16)7-12-23-20(25)19-4-3-13-24(19)17-8-10-22-11-9-17/h5,16-19,22H,3-4,6-14H2,1-2H3,(H,23,25)/t16-,18-,19-/m0/s1. The molecule has 3 aliphatic carbocycles. The van der Waals surface area contributed by atoms with E-state index in [0.717, 1.165) is 50.9 Å². The highest BCUT2D eigenvalue weighted by molar-refractivity contribution is 5.82. The number of piperidine rings is 1. The van der Waals surface area contributed by atoms with E-state index >= 15 is 0 Å². The van der Waals surface area contributed by atoms with E-state index in [1.807, 2.05) is 0 Å². The van der Waals surface area contributed by atoms with Crippen LogP contribution in [0.5, 0.6) is 0 Å². The van der Waals surface area contributed by atoms with E-state index in [4.69, 9.17) is 0 Å². The Hall–Kier alpha value is -0.870. The molecule has 2 N–H and O–H groups in total. The molecule has 5 aliphatic rings. The molecular weight excluding hydrogens is 310 g/mol. The number of fused-ring (bicyclic) bond motifs is 1. The average molecular weight is 346 g/mol. The summed E-state index contributed by atoms with van der Waals surface area (Å²) in [4.78, 5) is 15.3. The molecule has 0 unspecified atom stereocenters. The molecule has 3 atom stereocenters. The largest absolute Gasteiger partial charge is 0.354 e. The smallest absolute Gasteiger partial charge is 0.237 e. The van der Waals surface area contributed by atoms with Crippen molar-refractivity contribution >= 4 is 5.91 Å². The maximum atomic E-state index is 12.8. The summed E-state index contributed by atoms with van der Waals surface area (Å²) in [6.07, 6.45) is 10.7. The van der Waals surface area contributed by atoms with Gasteiger partial charge in [0.25, 0.3) is 0 Å².